The zero-order valence-electron chi connectivity index (χ0n) is 6.36. The number of rotatable bonds is 1. The molecule has 0 unspecified atom stereocenters. The molecule has 0 aliphatic rings. The van der Waals surface area contributed by atoms with Crippen molar-refractivity contribution in [1.29, 1.82) is 0 Å². The second-order valence-electron chi connectivity index (χ2n) is 2.31. The average Bonchev–Trinajstić information content (AvgIpc) is 1.99. The third-order valence-electron chi connectivity index (χ3n) is 1.67. The van der Waals surface area contributed by atoms with Gasteiger partial charge in [-0.15, -0.1) is 16.7 Å². The largest absolute Gasteiger partial charge is 0.156 e. The van der Waals surface area contributed by atoms with E-state index in [1.807, 2.05) is 13.8 Å². The van der Waals surface area contributed by atoms with Crippen molar-refractivity contribution >= 4 is 23.2 Å². The minimum Gasteiger partial charge on any atom is -0.154 e. The Morgan fingerprint density at radius 3 is 2.36 bits per heavy atom. The summed E-state index contributed by atoms with van der Waals surface area (Å²) in [4.78, 5) is 0. The normalized spacial score (nSPS) is 10.2. The number of aromatic nitrogens is 2. The molecule has 0 spiro atoms. The predicted molar refractivity (Wildman–Crippen MR) is 46.1 cm³/mol. The molecule has 0 aromatic carbocycles. The molecule has 4 heteroatoms. The van der Waals surface area contributed by atoms with Gasteiger partial charge in [-0.25, -0.2) is 0 Å². The Morgan fingerprint density at radius 2 is 1.91 bits per heavy atom. The zero-order valence-corrected chi connectivity index (χ0v) is 7.87. The molecule has 0 amide bonds. The lowest BCUT2D eigenvalue weighted by Crippen LogP contribution is -1.97. The van der Waals surface area contributed by atoms with Gasteiger partial charge in [-0.1, -0.05) is 11.6 Å². The van der Waals surface area contributed by atoms with E-state index in [4.69, 9.17) is 23.2 Å². The summed E-state index contributed by atoms with van der Waals surface area (Å²) in [6.07, 6.45) is 0. The first-order valence-corrected chi connectivity index (χ1v) is 4.12. The Labute approximate surface area is 75.5 Å². The Balaban J connectivity index is 3.29. The van der Waals surface area contributed by atoms with Gasteiger partial charge in [0.25, 0.3) is 0 Å². The smallest absolute Gasteiger partial charge is 0.154 e. The number of hydrogen-bond acceptors (Lipinski definition) is 2. The molecule has 1 rings (SSSR count). The van der Waals surface area contributed by atoms with E-state index in [0.29, 0.717) is 11.0 Å². The van der Waals surface area contributed by atoms with Crippen LogP contribution in [0, 0.1) is 13.8 Å². The first kappa shape index (κ1) is 8.75. The monoisotopic (exact) mass is 190 g/mol. The average molecular weight is 191 g/mol. The van der Waals surface area contributed by atoms with E-state index in [9.17, 15) is 0 Å². The molecule has 0 bridgehead atoms. The van der Waals surface area contributed by atoms with Gasteiger partial charge in [-0.3, -0.25) is 0 Å². The van der Waals surface area contributed by atoms with E-state index in [2.05, 4.69) is 10.2 Å². The van der Waals surface area contributed by atoms with Gasteiger partial charge in [-0.2, -0.15) is 5.10 Å². The number of alkyl halides is 1. The van der Waals surface area contributed by atoms with Gasteiger partial charge in [-0.05, 0) is 19.4 Å². The van der Waals surface area contributed by atoms with Crippen LogP contribution < -0.4 is 0 Å². The quantitative estimate of drug-likeness (QED) is 0.637. The van der Waals surface area contributed by atoms with E-state index >= 15 is 0 Å². The summed E-state index contributed by atoms with van der Waals surface area (Å²) in [5.74, 6) is 0.390. The number of nitrogens with zero attached hydrogens (tertiary/aromatic N) is 2. The summed E-state index contributed by atoms with van der Waals surface area (Å²) in [6, 6.07) is 0. The first-order valence-electron chi connectivity index (χ1n) is 3.21. The lowest BCUT2D eigenvalue weighted by Gasteiger charge is -2.04. The van der Waals surface area contributed by atoms with Crippen LogP contribution in [0.2, 0.25) is 5.15 Å². The molecule has 1 aromatic heterocycles. The predicted octanol–water partition coefficient (Wildman–Crippen LogP) is 2.49. The Kier molecular flexibility index (Phi) is 2.68. The van der Waals surface area contributed by atoms with Crippen molar-refractivity contribution in [2.75, 3.05) is 0 Å². The van der Waals surface area contributed by atoms with E-state index in [1.165, 1.54) is 0 Å². The summed E-state index contributed by atoms with van der Waals surface area (Å²) in [5, 5.41) is 7.99. The van der Waals surface area contributed by atoms with Gasteiger partial charge >= 0.3 is 0 Å². The van der Waals surface area contributed by atoms with Crippen molar-refractivity contribution in [2.45, 2.75) is 19.7 Å². The second-order valence-corrected chi connectivity index (χ2v) is 2.94. The lowest BCUT2D eigenvalue weighted by molar-refractivity contribution is 0.941. The molecule has 1 aromatic rings. The molecule has 0 saturated heterocycles. The molecule has 0 aliphatic carbocycles. The highest BCUT2D eigenvalue weighted by Crippen LogP contribution is 2.19. The fourth-order valence-electron chi connectivity index (χ4n) is 0.783. The van der Waals surface area contributed by atoms with Crippen LogP contribution in [0.3, 0.4) is 0 Å². The van der Waals surface area contributed by atoms with Crippen LogP contribution in [0.5, 0.6) is 0 Å². The van der Waals surface area contributed by atoms with Gasteiger partial charge in [0.15, 0.2) is 5.15 Å². The van der Waals surface area contributed by atoms with Crippen molar-refractivity contribution in [2.24, 2.45) is 0 Å². The summed E-state index contributed by atoms with van der Waals surface area (Å²) in [5.41, 5.74) is 2.78. The molecular formula is C7H8Cl2N2. The van der Waals surface area contributed by atoms with Crippen molar-refractivity contribution in [3.05, 3.63) is 22.0 Å². The third kappa shape index (κ3) is 1.63. The van der Waals surface area contributed by atoms with Crippen molar-refractivity contribution in [1.82, 2.24) is 10.2 Å². The summed E-state index contributed by atoms with van der Waals surface area (Å²) in [7, 11) is 0. The highest BCUT2D eigenvalue weighted by atomic mass is 35.5. The number of hydrogen-bond donors (Lipinski definition) is 0. The molecule has 11 heavy (non-hydrogen) atoms. The van der Waals surface area contributed by atoms with Crippen molar-refractivity contribution < 1.29 is 0 Å². The maximum atomic E-state index is 5.74. The maximum absolute atomic E-state index is 5.74. The maximum Gasteiger partial charge on any atom is 0.156 e. The van der Waals surface area contributed by atoms with Gasteiger partial charge in [0.2, 0.25) is 0 Å². The van der Waals surface area contributed by atoms with Crippen LogP contribution in [0.1, 0.15) is 16.8 Å². The fraction of sp³-hybridized carbons (Fsp3) is 0.429. The van der Waals surface area contributed by atoms with Gasteiger partial charge in [0.05, 0.1) is 11.6 Å². The van der Waals surface area contributed by atoms with E-state index in [1.54, 1.807) is 0 Å². The van der Waals surface area contributed by atoms with E-state index in [-0.39, 0.29) is 0 Å². The first-order chi connectivity index (χ1) is 5.16. The van der Waals surface area contributed by atoms with E-state index in [0.717, 1.165) is 16.8 Å². The number of halogens is 2. The minimum atomic E-state index is 0.390. The van der Waals surface area contributed by atoms with Crippen LogP contribution in [0.25, 0.3) is 0 Å². The second kappa shape index (κ2) is 3.37. The van der Waals surface area contributed by atoms with Crippen LogP contribution >= 0.6 is 23.2 Å². The van der Waals surface area contributed by atoms with E-state index < -0.39 is 0 Å². The fourth-order valence-corrected chi connectivity index (χ4v) is 1.42. The van der Waals surface area contributed by atoms with Crippen molar-refractivity contribution in [3.8, 4) is 0 Å². The van der Waals surface area contributed by atoms with Crippen molar-refractivity contribution in [3.63, 3.8) is 0 Å². The SMILES string of the molecule is Cc1nnc(Cl)c(CCl)c1C. The van der Waals surface area contributed by atoms with Crippen LogP contribution in [-0.2, 0) is 5.88 Å². The minimum absolute atomic E-state index is 0.390. The van der Waals surface area contributed by atoms with Gasteiger partial charge in [0.1, 0.15) is 0 Å². The Bertz CT molecular complexity index is 273. The lowest BCUT2D eigenvalue weighted by atomic mass is 10.1. The third-order valence-corrected chi connectivity index (χ3v) is 2.24. The molecule has 60 valence electrons. The highest BCUT2D eigenvalue weighted by Gasteiger charge is 2.06. The molecule has 0 fully saturated rings. The zero-order chi connectivity index (χ0) is 8.43. The molecule has 2 nitrogen and oxygen atoms in total. The molecule has 0 saturated carbocycles. The standard InChI is InChI=1S/C7H8Cl2N2/c1-4-5(2)10-11-7(9)6(4)3-8/h3H2,1-2H3. The summed E-state index contributed by atoms with van der Waals surface area (Å²) in [6.45, 7) is 3.82. The molecule has 1 heterocycles. The van der Waals surface area contributed by atoms with Crippen LogP contribution in [0.15, 0.2) is 0 Å². The van der Waals surface area contributed by atoms with Crippen LogP contribution in [0.4, 0.5) is 0 Å². The van der Waals surface area contributed by atoms with Gasteiger partial charge < -0.3 is 0 Å². The summed E-state index contributed by atoms with van der Waals surface area (Å²) >= 11 is 11.4. The number of aryl methyl sites for hydroxylation is 1. The molecule has 0 atom stereocenters. The Morgan fingerprint density at radius 1 is 1.27 bits per heavy atom. The summed E-state index contributed by atoms with van der Waals surface area (Å²) < 4.78 is 0. The molecule has 0 radical (unpaired) electrons. The molecule has 0 N–H and O–H groups in total. The van der Waals surface area contributed by atoms with Crippen LogP contribution in [-0.4, -0.2) is 10.2 Å². The molecule has 0 aliphatic heterocycles. The Hall–Kier alpha value is -0.340. The highest BCUT2D eigenvalue weighted by molar-refractivity contribution is 6.31. The molecular weight excluding hydrogens is 183 g/mol. The topological polar surface area (TPSA) is 25.8 Å². The van der Waals surface area contributed by atoms with Gasteiger partial charge in [0, 0.05) is 5.56 Å².